The number of nitrogens with zero attached hydrogens (tertiary/aromatic N) is 3. The molecule has 1 aliphatic rings. The van der Waals surface area contributed by atoms with Crippen LogP contribution in [0.25, 0.3) is 0 Å². The summed E-state index contributed by atoms with van der Waals surface area (Å²) in [5.41, 5.74) is 1.83. The van der Waals surface area contributed by atoms with E-state index < -0.39 is 0 Å². The highest BCUT2D eigenvalue weighted by atomic mass is 15.2. The van der Waals surface area contributed by atoms with Crippen LogP contribution >= 0.6 is 0 Å². The summed E-state index contributed by atoms with van der Waals surface area (Å²) in [5.74, 6) is 0.630. The van der Waals surface area contributed by atoms with Gasteiger partial charge >= 0.3 is 0 Å². The second-order valence-corrected chi connectivity index (χ2v) is 5.38. The Morgan fingerprint density at radius 3 is 2.37 bits per heavy atom. The van der Waals surface area contributed by atoms with Crippen molar-refractivity contribution in [2.45, 2.75) is 58.4 Å². The topological polar surface area (TPSA) is 62.7 Å². The largest absolute Gasteiger partial charge is 0.352 e. The zero-order chi connectivity index (χ0) is 13.5. The summed E-state index contributed by atoms with van der Waals surface area (Å²) < 4.78 is 0. The van der Waals surface area contributed by atoms with Gasteiger partial charge in [-0.3, -0.25) is 0 Å². The van der Waals surface area contributed by atoms with Crippen LogP contribution < -0.4 is 10.6 Å². The Morgan fingerprint density at radius 1 is 0.947 bits per heavy atom. The quantitative estimate of drug-likeness (QED) is 0.630. The van der Waals surface area contributed by atoms with Crippen LogP contribution in [-0.2, 0) is 0 Å². The molecule has 0 radical (unpaired) electrons. The Morgan fingerprint density at radius 2 is 1.68 bits per heavy atom. The fourth-order valence-corrected chi connectivity index (χ4v) is 2.47. The van der Waals surface area contributed by atoms with Crippen LogP contribution in [-0.4, -0.2) is 34.3 Å². The van der Waals surface area contributed by atoms with Crippen molar-refractivity contribution in [2.75, 3.05) is 18.4 Å². The molecule has 0 saturated heterocycles. The van der Waals surface area contributed by atoms with Gasteiger partial charge in [0.1, 0.15) is 0 Å². The van der Waals surface area contributed by atoms with Crippen LogP contribution in [0, 0.1) is 13.8 Å². The maximum atomic E-state index is 4.36. The average molecular weight is 263 g/mol. The van der Waals surface area contributed by atoms with Gasteiger partial charge in [0, 0.05) is 19.1 Å². The summed E-state index contributed by atoms with van der Waals surface area (Å²) in [6.45, 7) is 5.69. The van der Waals surface area contributed by atoms with E-state index in [1.165, 1.54) is 38.5 Å². The summed E-state index contributed by atoms with van der Waals surface area (Å²) in [6.07, 6.45) is 8.19. The summed E-state index contributed by atoms with van der Waals surface area (Å²) >= 11 is 0. The van der Waals surface area contributed by atoms with E-state index in [1.54, 1.807) is 0 Å². The van der Waals surface area contributed by atoms with Crippen molar-refractivity contribution in [2.24, 2.45) is 0 Å². The highest BCUT2D eigenvalue weighted by Gasteiger charge is 2.10. The Kier molecular flexibility index (Phi) is 5.51. The van der Waals surface area contributed by atoms with Crippen molar-refractivity contribution < 1.29 is 0 Å². The third kappa shape index (κ3) is 4.74. The van der Waals surface area contributed by atoms with Gasteiger partial charge < -0.3 is 10.6 Å². The smallest absolute Gasteiger partial charge is 0.243 e. The molecule has 1 heterocycles. The molecule has 0 amide bonds. The number of rotatable bonds is 5. The third-order valence-electron chi connectivity index (χ3n) is 3.79. The first kappa shape index (κ1) is 14.2. The molecular formula is C14H25N5. The van der Waals surface area contributed by atoms with E-state index in [0.29, 0.717) is 12.0 Å². The summed E-state index contributed by atoms with van der Waals surface area (Å²) in [7, 11) is 0. The first-order valence-corrected chi connectivity index (χ1v) is 7.41. The lowest BCUT2D eigenvalue weighted by molar-refractivity contribution is 0.468. The van der Waals surface area contributed by atoms with E-state index in [-0.39, 0.29) is 0 Å². The Labute approximate surface area is 115 Å². The van der Waals surface area contributed by atoms with Crippen LogP contribution in [0.3, 0.4) is 0 Å². The molecule has 1 aromatic heterocycles. The molecule has 1 aliphatic carbocycles. The molecule has 2 N–H and O–H groups in total. The SMILES string of the molecule is Cc1nnc(NCCNC2CCCCCC2)nc1C. The average Bonchev–Trinajstić information content (AvgIpc) is 2.67. The van der Waals surface area contributed by atoms with Gasteiger partial charge in [-0.05, 0) is 26.7 Å². The molecule has 0 unspecified atom stereocenters. The predicted octanol–water partition coefficient (Wildman–Crippen LogP) is 2.21. The Hall–Kier alpha value is -1.23. The molecule has 5 heteroatoms. The molecule has 2 rings (SSSR count). The standard InChI is InChI=1S/C14H25N5/c1-11-12(2)18-19-14(17-11)16-10-9-15-13-7-5-3-4-6-8-13/h13,15H,3-10H2,1-2H3,(H,16,17,19). The molecule has 0 aromatic carbocycles. The molecular weight excluding hydrogens is 238 g/mol. The van der Waals surface area contributed by atoms with Gasteiger partial charge in [-0.15, -0.1) is 5.10 Å². The van der Waals surface area contributed by atoms with Crippen molar-refractivity contribution in [1.82, 2.24) is 20.5 Å². The molecule has 5 nitrogen and oxygen atoms in total. The second-order valence-electron chi connectivity index (χ2n) is 5.38. The van der Waals surface area contributed by atoms with E-state index in [1.807, 2.05) is 13.8 Å². The maximum Gasteiger partial charge on any atom is 0.243 e. The van der Waals surface area contributed by atoms with Crippen LogP contribution in [0.2, 0.25) is 0 Å². The fourth-order valence-electron chi connectivity index (χ4n) is 2.47. The lowest BCUT2D eigenvalue weighted by Gasteiger charge is -2.16. The van der Waals surface area contributed by atoms with Crippen molar-refractivity contribution in [1.29, 1.82) is 0 Å². The van der Waals surface area contributed by atoms with Crippen molar-refractivity contribution in [3.8, 4) is 0 Å². The third-order valence-corrected chi connectivity index (χ3v) is 3.79. The fraction of sp³-hybridized carbons (Fsp3) is 0.786. The summed E-state index contributed by atoms with van der Waals surface area (Å²) in [5, 5.41) is 14.9. The second kappa shape index (κ2) is 7.38. The lowest BCUT2D eigenvalue weighted by atomic mass is 10.1. The lowest BCUT2D eigenvalue weighted by Crippen LogP contribution is -2.32. The van der Waals surface area contributed by atoms with Crippen molar-refractivity contribution >= 4 is 5.95 Å². The molecule has 1 fully saturated rings. The number of nitrogens with one attached hydrogen (secondary N) is 2. The highest BCUT2D eigenvalue weighted by Crippen LogP contribution is 2.16. The number of aryl methyl sites for hydroxylation is 2. The van der Waals surface area contributed by atoms with Crippen LogP contribution in [0.4, 0.5) is 5.95 Å². The molecule has 0 bridgehead atoms. The van der Waals surface area contributed by atoms with Gasteiger partial charge in [0.05, 0.1) is 11.4 Å². The summed E-state index contributed by atoms with van der Waals surface area (Å²) in [4.78, 5) is 4.36. The van der Waals surface area contributed by atoms with E-state index in [4.69, 9.17) is 0 Å². The van der Waals surface area contributed by atoms with Crippen molar-refractivity contribution in [3.05, 3.63) is 11.4 Å². The van der Waals surface area contributed by atoms with Crippen molar-refractivity contribution in [3.63, 3.8) is 0 Å². The predicted molar refractivity (Wildman–Crippen MR) is 77.3 cm³/mol. The molecule has 0 spiro atoms. The molecule has 19 heavy (non-hydrogen) atoms. The van der Waals surface area contributed by atoms with Gasteiger partial charge in [0.2, 0.25) is 5.95 Å². The zero-order valence-corrected chi connectivity index (χ0v) is 12.1. The van der Waals surface area contributed by atoms with Gasteiger partial charge in [-0.1, -0.05) is 25.7 Å². The van der Waals surface area contributed by atoms with E-state index in [9.17, 15) is 0 Å². The minimum atomic E-state index is 0.630. The van der Waals surface area contributed by atoms with Gasteiger partial charge in [-0.25, -0.2) is 4.98 Å². The number of hydrogen-bond donors (Lipinski definition) is 2. The summed E-state index contributed by atoms with van der Waals surface area (Å²) in [6, 6.07) is 0.697. The monoisotopic (exact) mass is 263 g/mol. The van der Waals surface area contributed by atoms with Gasteiger partial charge in [-0.2, -0.15) is 5.10 Å². The number of hydrogen-bond acceptors (Lipinski definition) is 5. The van der Waals surface area contributed by atoms with E-state index in [2.05, 4.69) is 25.8 Å². The normalized spacial score (nSPS) is 17.2. The number of anilines is 1. The van der Waals surface area contributed by atoms with Crippen LogP contribution in [0.5, 0.6) is 0 Å². The van der Waals surface area contributed by atoms with E-state index in [0.717, 1.165) is 24.5 Å². The van der Waals surface area contributed by atoms with Crippen LogP contribution in [0.15, 0.2) is 0 Å². The molecule has 1 saturated carbocycles. The zero-order valence-electron chi connectivity index (χ0n) is 12.1. The minimum absolute atomic E-state index is 0.630. The minimum Gasteiger partial charge on any atom is -0.352 e. The molecule has 106 valence electrons. The Bertz CT molecular complexity index is 385. The Balaban J connectivity index is 1.67. The first-order chi connectivity index (χ1) is 9.25. The molecule has 0 atom stereocenters. The molecule has 1 aromatic rings. The van der Waals surface area contributed by atoms with Gasteiger partial charge in [0.15, 0.2) is 0 Å². The number of aromatic nitrogens is 3. The maximum absolute atomic E-state index is 4.36. The van der Waals surface area contributed by atoms with Gasteiger partial charge in [0.25, 0.3) is 0 Å². The van der Waals surface area contributed by atoms with Crippen LogP contribution in [0.1, 0.15) is 49.9 Å². The molecule has 0 aliphatic heterocycles. The first-order valence-electron chi connectivity index (χ1n) is 7.41. The highest BCUT2D eigenvalue weighted by molar-refractivity contribution is 5.24. The van der Waals surface area contributed by atoms with E-state index >= 15 is 0 Å².